The summed E-state index contributed by atoms with van der Waals surface area (Å²) in [5, 5.41) is 12.9. The van der Waals surface area contributed by atoms with Crippen molar-refractivity contribution in [3.8, 4) is 11.5 Å². The van der Waals surface area contributed by atoms with Gasteiger partial charge in [-0.05, 0) is 44.2 Å². The lowest BCUT2D eigenvalue weighted by Gasteiger charge is -2.10. The van der Waals surface area contributed by atoms with E-state index >= 15 is 0 Å². The third kappa shape index (κ3) is 4.39. The summed E-state index contributed by atoms with van der Waals surface area (Å²) in [4.78, 5) is 12.1. The third-order valence-corrected chi connectivity index (χ3v) is 4.68. The van der Waals surface area contributed by atoms with E-state index in [1.165, 1.54) is 18.2 Å². The van der Waals surface area contributed by atoms with Crippen LogP contribution in [-0.4, -0.2) is 24.6 Å². The Hall–Kier alpha value is -3.04. The van der Waals surface area contributed by atoms with E-state index in [-0.39, 0.29) is 16.3 Å². The molecule has 8 nitrogen and oxygen atoms in total. The Kier molecular flexibility index (Phi) is 5.06. The maximum absolute atomic E-state index is 12.3. The molecule has 0 fully saturated rings. The van der Waals surface area contributed by atoms with Gasteiger partial charge < -0.3 is 9.15 Å². The number of rotatable bonds is 5. The zero-order valence-corrected chi connectivity index (χ0v) is 15.4. The lowest BCUT2D eigenvalue weighted by molar-refractivity contribution is 0.0279. The molecule has 9 heteroatoms. The second-order valence-corrected chi connectivity index (χ2v) is 7.49. The Bertz CT molecular complexity index is 1070. The highest BCUT2D eigenvalue weighted by molar-refractivity contribution is 7.89. The van der Waals surface area contributed by atoms with Crippen molar-refractivity contribution in [3.05, 3.63) is 65.5 Å². The number of esters is 1. The van der Waals surface area contributed by atoms with Crippen LogP contribution in [0.25, 0.3) is 11.5 Å². The summed E-state index contributed by atoms with van der Waals surface area (Å²) in [5.41, 5.74) is 1.90. The van der Waals surface area contributed by atoms with Crippen molar-refractivity contribution in [2.24, 2.45) is 5.14 Å². The van der Waals surface area contributed by atoms with Crippen molar-refractivity contribution in [1.29, 1.82) is 0 Å². The highest BCUT2D eigenvalue weighted by Gasteiger charge is 2.21. The Balaban J connectivity index is 1.75. The number of primary sulfonamides is 1. The lowest BCUT2D eigenvalue weighted by atomic mass is 10.1. The molecule has 0 amide bonds. The van der Waals surface area contributed by atoms with E-state index in [0.717, 1.165) is 17.2 Å². The molecule has 3 rings (SSSR count). The Morgan fingerprint density at radius 2 is 1.85 bits per heavy atom. The first-order valence-corrected chi connectivity index (χ1v) is 9.53. The predicted octanol–water partition coefficient (Wildman–Crippen LogP) is 2.61. The van der Waals surface area contributed by atoms with Crippen LogP contribution in [0.2, 0.25) is 0 Å². The summed E-state index contributed by atoms with van der Waals surface area (Å²) in [6, 6.07) is 12.8. The first-order valence-electron chi connectivity index (χ1n) is 7.98. The number of ether oxygens (including phenoxy) is 1. The standard InChI is InChI=1S/C18H17N3O5S/c1-11-6-8-13(9-7-11)17-21-20-16(26-17)12(2)25-18(22)14-4-3-5-15(10-14)27(19,23)24/h3-10,12H,1-2H3,(H2,19,23,24)/t12-/m0/s1. The summed E-state index contributed by atoms with van der Waals surface area (Å²) in [5.74, 6) is -0.297. The van der Waals surface area contributed by atoms with Crippen molar-refractivity contribution < 1.29 is 22.4 Å². The average Bonchev–Trinajstić information content (AvgIpc) is 3.12. The smallest absolute Gasteiger partial charge is 0.338 e. The van der Waals surface area contributed by atoms with Crippen LogP contribution < -0.4 is 5.14 Å². The first kappa shape index (κ1) is 18.7. The number of aromatic nitrogens is 2. The molecule has 0 aliphatic carbocycles. The van der Waals surface area contributed by atoms with E-state index in [1.807, 2.05) is 31.2 Å². The minimum atomic E-state index is -3.92. The summed E-state index contributed by atoms with van der Waals surface area (Å²) >= 11 is 0. The lowest BCUT2D eigenvalue weighted by Crippen LogP contribution is -2.14. The van der Waals surface area contributed by atoms with Gasteiger partial charge in [0.1, 0.15) is 0 Å². The van der Waals surface area contributed by atoms with Gasteiger partial charge >= 0.3 is 5.97 Å². The Morgan fingerprint density at radius 3 is 2.52 bits per heavy atom. The van der Waals surface area contributed by atoms with Gasteiger partial charge in [-0.15, -0.1) is 10.2 Å². The SMILES string of the molecule is Cc1ccc(-c2nnc([C@H](C)OC(=O)c3cccc(S(N)(=O)=O)c3)o2)cc1. The number of benzene rings is 2. The van der Waals surface area contributed by atoms with Gasteiger partial charge in [-0.3, -0.25) is 0 Å². The molecule has 3 aromatic rings. The van der Waals surface area contributed by atoms with Crippen LogP contribution in [0, 0.1) is 6.92 Å². The van der Waals surface area contributed by atoms with Crippen LogP contribution in [0.5, 0.6) is 0 Å². The molecule has 140 valence electrons. The molecule has 0 radical (unpaired) electrons. The van der Waals surface area contributed by atoms with Gasteiger partial charge in [-0.1, -0.05) is 23.8 Å². The molecule has 0 unspecified atom stereocenters. The fourth-order valence-electron chi connectivity index (χ4n) is 2.29. The van der Waals surface area contributed by atoms with Crippen molar-refractivity contribution in [3.63, 3.8) is 0 Å². The summed E-state index contributed by atoms with van der Waals surface area (Å²) in [6.07, 6.45) is -0.817. The second-order valence-electron chi connectivity index (χ2n) is 5.93. The number of nitrogens with zero attached hydrogens (tertiary/aromatic N) is 2. The normalized spacial score (nSPS) is 12.6. The molecule has 1 aromatic heterocycles. The highest BCUT2D eigenvalue weighted by Crippen LogP contribution is 2.23. The van der Waals surface area contributed by atoms with Crippen molar-refractivity contribution in [1.82, 2.24) is 10.2 Å². The van der Waals surface area contributed by atoms with Crippen LogP contribution in [0.15, 0.2) is 57.8 Å². The molecular weight excluding hydrogens is 370 g/mol. The van der Waals surface area contributed by atoms with Gasteiger partial charge in [0.15, 0.2) is 6.10 Å². The number of hydrogen-bond donors (Lipinski definition) is 1. The zero-order valence-electron chi connectivity index (χ0n) is 14.6. The van der Waals surface area contributed by atoms with Gasteiger partial charge in [0.25, 0.3) is 5.89 Å². The Morgan fingerprint density at radius 1 is 1.15 bits per heavy atom. The number of aryl methyl sites for hydroxylation is 1. The predicted molar refractivity (Wildman–Crippen MR) is 96.1 cm³/mol. The molecule has 2 aromatic carbocycles. The van der Waals surface area contributed by atoms with Crippen molar-refractivity contribution in [2.75, 3.05) is 0 Å². The van der Waals surface area contributed by atoms with Crippen molar-refractivity contribution >= 4 is 16.0 Å². The van der Waals surface area contributed by atoms with E-state index in [2.05, 4.69) is 10.2 Å². The zero-order chi connectivity index (χ0) is 19.6. The van der Waals surface area contributed by atoms with Crippen molar-refractivity contribution in [2.45, 2.75) is 24.8 Å². The van der Waals surface area contributed by atoms with Crippen LogP contribution in [0.1, 0.15) is 34.8 Å². The maximum Gasteiger partial charge on any atom is 0.338 e. The largest absolute Gasteiger partial charge is 0.449 e. The van der Waals surface area contributed by atoms with Gasteiger partial charge in [0, 0.05) is 5.56 Å². The number of hydrogen-bond acceptors (Lipinski definition) is 7. The molecule has 0 saturated carbocycles. The van der Waals surface area contributed by atoms with Crippen LogP contribution in [0.4, 0.5) is 0 Å². The van der Waals surface area contributed by atoms with E-state index in [9.17, 15) is 13.2 Å². The Labute approximate surface area is 156 Å². The molecular formula is C18H17N3O5S. The monoisotopic (exact) mass is 387 g/mol. The number of carbonyl (C=O) groups excluding carboxylic acids is 1. The summed E-state index contributed by atoms with van der Waals surface area (Å²) in [7, 11) is -3.92. The van der Waals surface area contributed by atoms with E-state index < -0.39 is 22.1 Å². The van der Waals surface area contributed by atoms with Crippen LogP contribution >= 0.6 is 0 Å². The first-order chi connectivity index (χ1) is 12.7. The quantitative estimate of drug-likeness (QED) is 0.667. The topological polar surface area (TPSA) is 125 Å². The summed E-state index contributed by atoms with van der Waals surface area (Å²) < 4.78 is 33.7. The summed E-state index contributed by atoms with van der Waals surface area (Å²) in [6.45, 7) is 3.54. The number of carbonyl (C=O) groups is 1. The van der Waals surface area contributed by atoms with Crippen LogP contribution in [0.3, 0.4) is 0 Å². The number of nitrogens with two attached hydrogens (primary N) is 1. The molecule has 2 N–H and O–H groups in total. The minimum absolute atomic E-state index is 0.0478. The number of sulfonamides is 1. The fourth-order valence-corrected chi connectivity index (χ4v) is 2.85. The highest BCUT2D eigenvalue weighted by atomic mass is 32.2. The molecule has 0 spiro atoms. The molecule has 1 atom stereocenters. The molecule has 1 heterocycles. The fraction of sp³-hybridized carbons (Fsp3) is 0.167. The van der Waals surface area contributed by atoms with Gasteiger partial charge in [0.2, 0.25) is 15.9 Å². The van der Waals surface area contributed by atoms with Gasteiger partial charge in [0.05, 0.1) is 10.5 Å². The van der Waals surface area contributed by atoms with Gasteiger partial charge in [-0.25, -0.2) is 18.4 Å². The van der Waals surface area contributed by atoms with Crippen LogP contribution in [-0.2, 0) is 14.8 Å². The second kappa shape index (κ2) is 7.29. The third-order valence-electron chi connectivity index (χ3n) is 3.77. The molecule has 0 saturated heterocycles. The maximum atomic E-state index is 12.3. The van der Waals surface area contributed by atoms with E-state index in [4.69, 9.17) is 14.3 Å². The molecule has 27 heavy (non-hydrogen) atoms. The van der Waals surface area contributed by atoms with E-state index in [0.29, 0.717) is 5.89 Å². The van der Waals surface area contributed by atoms with E-state index in [1.54, 1.807) is 6.92 Å². The molecule has 0 aliphatic rings. The average molecular weight is 387 g/mol. The molecule has 0 aliphatic heterocycles. The van der Waals surface area contributed by atoms with Gasteiger partial charge in [-0.2, -0.15) is 0 Å². The molecule has 0 bridgehead atoms. The minimum Gasteiger partial charge on any atom is -0.449 e.